The van der Waals surface area contributed by atoms with E-state index in [2.05, 4.69) is 106 Å². The molecule has 8 heterocycles. The molecule has 22 nitrogen and oxygen atoms in total. The first-order valence-electron chi connectivity index (χ1n) is 38.2. The number of rotatable bonds is 19. The van der Waals surface area contributed by atoms with E-state index in [0.29, 0.717) is 82.2 Å². The number of aromatic carboxylic acids is 1. The average molecular weight is 1560 g/mol. The number of methoxy groups -OCH3 is 9. The Kier molecular flexibility index (Phi) is 24.0. The van der Waals surface area contributed by atoms with Crippen molar-refractivity contribution in [3.63, 3.8) is 0 Å². The van der Waals surface area contributed by atoms with Gasteiger partial charge < -0.3 is 87.3 Å². The topological polar surface area (TPSA) is 267 Å². The van der Waals surface area contributed by atoms with Crippen molar-refractivity contribution in [2.24, 2.45) is 0 Å². The number of nitrogens with one attached hydrogen (secondary N) is 3. The number of ether oxygens (including phenoxy) is 9. The quantitative estimate of drug-likeness (QED) is 0.0411. The van der Waals surface area contributed by atoms with E-state index in [1.807, 2.05) is 105 Å². The van der Waals surface area contributed by atoms with Crippen LogP contribution >= 0.6 is 0 Å². The summed E-state index contributed by atoms with van der Waals surface area (Å²) >= 11 is 0. The summed E-state index contributed by atoms with van der Waals surface area (Å²) in [6.07, 6.45) is 5.70. The first-order valence-corrected chi connectivity index (χ1v) is 38.2. The Bertz CT molecular complexity index is 5680. The number of aliphatic hydroxyl groups excluding tert-OH is 1. The van der Waals surface area contributed by atoms with E-state index in [0.717, 1.165) is 178 Å². The Balaban J connectivity index is 0.000000139. The van der Waals surface area contributed by atoms with Crippen molar-refractivity contribution in [3.8, 4) is 114 Å². The monoisotopic (exact) mass is 1550 g/mol. The molecule has 0 aliphatic carbocycles. The molecule has 0 saturated heterocycles. The van der Waals surface area contributed by atoms with Crippen molar-refractivity contribution in [2.45, 2.75) is 105 Å². The minimum absolute atomic E-state index is 0.169. The van der Waals surface area contributed by atoms with Gasteiger partial charge in [0, 0.05) is 77.1 Å². The molecule has 2 atom stereocenters. The number of fused-ring (bicyclic) bond motifs is 11. The highest BCUT2D eigenvalue weighted by atomic mass is 16.5. The molecule has 4 aliphatic heterocycles. The number of amides is 1. The fraction of sp³-hybridized carbons (Fsp3) is 0.290. The molecule has 0 saturated carbocycles. The number of aliphatic carboxylic acids is 1. The van der Waals surface area contributed by atoms with Crippen LogP contribution in [-0.2, 0) is 61.3 Å². The highest BCUT2D eigenvalue weighted by molar-refractivity contribution is 6.03. The van der Waals surface area contributed by atoms with Crippen LogP contribution in [0.5, 0.6) is 46.0 Å². The summed E-state index contributed by atoms with van der Waals surface area (Å²) in [5, 5.41) is 36.5. The molecule has 4 aliphatic rings. The number of carbonyl (C=O) groups is 4. The number of aliphatic hydroxyl groups is 1. The molecule has 8 aromatic carbocycles. The van der Waals surface area contributed by atoms with Crippen molar-refractivity contribution < 1.29 is 77.1 Å². The lowest BCUT2D eigenvalue weighted by atomic mass is 9.93. The SMILES string of the molecule is COC(=O)c1cc2n(c1-c1cc(C)cc(C)c1)CCc1cc(OC)c(OC)cc1-2.COc1cc2c(cc1OC)-c1cc(C(=O)N[C@@H](CO)Cc3c[nH]c4ccccc34)c(-c3cc(C)cc(C)c3)n1CC2.COc1cc2c(cc1OC)-c1cc(C(=O)O)c(-c3cc(C)cc(C)c3)n1CC2.COc1cc2c(cc1OC)C(C(=O)O)NCC2. The van der Waals surface area contributed by atoms with Gasteiger partial charge in [-0.2, -0.15) is 0 Å². The van der Waals surface area contributed by atoms with E-state index in [9.17, 15) is 29.4 Å². The highest BCUT2D eigenvalue weighted by Gasteiger charge is 2.34. The number of nitrogens with zero attached hydrogens (tertiary/aromatic N) is 3. The van der Waals surface area contributed by atoms with Gasteiger partial charge in [-0.25, -0.2) is 9.59 Å². The first-order chi connectivity index (χ1) is 55.4. The Hall–Kier alpha value is -12.7. The molecule has 596 valence electrons. The lowest BCUT2D eigenvalue weighted by molar-refractivity contribution is -0.139. The Morgan fingerprint density at radius 2 is 0.826 bits per heavy atom. The third-order valence-corrected chi connectivity index (χ3v) is 21.8. The molecule has 12 aromatic rings. The largest absolute Gasteiger partial charge is 0.493 e. The highest BCUT2D eigenvalue weighted by Crippen LogP contribution is 2.47. The number of aryl methyl sites for hydroxylation is 9. The molecule has 1 amide bonds. The smallest absolute Gasteiger partial charge is 0.340 e. The molecule has 4 aromatic heterocycles. The van der Waals surface area contributed by atoms with E-state index >= 15 is 0 Å². The second-order valence-electron chi connectivity index (χ2n) is 29.4. The number of esters is 1. The number of para-hydroxylation sites is 1. The molecular formula is C93H98N6O16. The summed E-state index contributed by atoms with van der Waals surface area (Å²) in [6.45, 7) is 15.1. The lowest BCUT2D eigenvalue weighted by Crippen LogP contribution is -2.39. The molecule has 16 rings (SSSR count). The number of H-pyrrole nitrogens is 1. The maximum Gasteiger partial charge on any atom is 0.340 e. The summed E-state index contributed by atoms with van der Waals surface area (Å²) < 4.78 is 55.1. The zero-order valence-electron chi connectivity index (χ0n) is 67.7. The van der Waals surface area contributed by atoms with E-state index < -0.39 is 24.0 Å². The lowest BCUT2D eigenvalue weighted by Gasteiger charge is -2.25. The number of carbonyl (C=O) groups excluding carboxylic acids is 2. The van der Waals surface area contributed by atoms with Gasteiger partial charge in [0.1, 0.15) is 6.04 Å². The predicted molar refractivity (Wildman–Crippen MR) is 445 cm³/mol. The van der Waals surface area contributed by atoms with Crippen LogP contribution in [0.3, 0.4) is 0 Å². The summed E-state index contributed by atoms with van der Waals surface area (Å²) in [5.41, 5.74) is 27.0. The minimum atomic E-state index is -0.918. The third kappa shape index (κ3) is 16.2. The average Bonchev–Trinajstić information content (AvgIpc) is 1.62. The molecule has 0 fully saturated rings. The number of benzene rings is 8. The first kappa shape index (κ1) is 80.4. The van der Waals surface area contributed by atoms with Crippen LogP contribution in [-0.4, -0.2) is 141 Å². The molecule has 0 bridgehead atoms. The summed E-state index contributed by atoms with van der Waals surface area (Å²) in [6, 6.07) is 47.2. The van der Waals surface area contributed by atoms with Crippen LogP contribution in [0, 0.1) is 41.5 Å². The normalized spacial score (nSPS) is 13.4. The van der Waals surface area contributed by atoms with Gasteiger partial charge in [-0.05, 0) is 233 Å². The number of carboxylic acid groups (broad SMARTS) is 2. The fourth-order valence-electron chi connectivity index (χ4n) is 16.8. The van der Waals surface area contributed by atoms with Crippen molar-refractivity contribution >= 4 is 34.7 Å². The van der Waals surface area contributed by atoms with Crippen molar-refractivity contribution in [3.05, 3.63) is 235 Å². The maximum atomic E-state index is 14.0. The molecule has 1 unspecified atom stereocenters. The minimum Gasteiger partial charge on any atom is -0.493 e. The second kappa shape index (κ2) is 34.4. The maximum absolute atomic E-state index is 14.0. The van der Waals surface area contributed by atoms with Gasteiger partial charge in [-0.1, -0.05) is 69.8 Å². The van der Waals surface area contributed by atoms with Crippen LogP contribution in [0.4, 0.5) is 0 Å². The molecular weight excluding hydrogens is 1460 g/mol. The van der Waals surface area contributed by atoms with Crippen LogP contribution in [0.2, 0.25) is 0 Å². The number of aromatic amines is 1. The molecule has 115 heavy (non-hydrogen) atoms. The molecule has 6 N–H and O–H groups in total. The van der Waals surface area contributed by atoms with Gasteiger partial charge in [-0.15, -0.1) is 0 Å². The van der Waals surface area contributed by atoms with E-state index in [-0.39, 0.29) is 18.5 Å². The molecule has 0 radical (unpaired) electrons. The van der Waals surface area contributed by atoms with Crippen molar-refractivity contribution in [1.29, 1.82) is 0 Å². The van der Waals surface area contributed by atoms with Crippen LogP contribution in [0.1, 0.15) is 104 Å². The van der Waals surface area contributed by atoms with E-state index in [4.69, 9.17) is 47.7 Å². The van der Waals surface area contributed by atoms with Crippen molar-refractivity contribution in [1.82, 2.24) is 29.3 Å². The Morgan fingerprint density at radius 3 is 1.23 bits per heavy atom. The molecule has 22 heteroatoms. The third-order valence-electron chi connectivity index (χ3n) is 21.8. The van der Waals surface area contributed by atoms with Gasteiger partial charge in [0.05, 0.1) is 110 Å². The molecule has 0 spiro atoms. The zero-order chi connectivity index (χ0) is 81.8. The van der Waals surface area contributed by atoms with Crippen LogP contribution in [0.15, 0.2) is 152 Å². The Labute approximate surface area is 669 Å². The van der Waals surface area contributed by atoms with Gasteiger partial charge in [0.15, 0.2) is 46.0 Å². The second-order valence-corrected chi connectivity index (χ2v) is 29.4. The number of hydrogen-bond acceptors (Lipinski definition) is 15. The van der Waals surface area contributed by atoms with Gasteiger partial charge in [0.2, 0.25) is 0 Å². The predicted octanol–water partition coefficient (Wildman–Crippen LogP) is 16.3. The van der Waals surface area contributed by atoms with Crippen molar-refractivity contribution in [2.75, 3.05) is 77.1 Å². The van der Waals surface area contributed by atoms with Gasteiger partial charge in [-0.3, -0.25) is 9.59 Å². The fourth-order valence-corrected chi connectivity index (χ4v) is 16.8. The Morgan fingerprint density at radius 1 is 0.452 bits per heavy atom. The van der Waals surface area contributed by atoms with E-state index in [1.165, 1.54) is 19.8 Å². The standard InChI is InChI=1S/C34H35N3O4.C24H25NO4.C23H23NO4.C12H15NO4/c1-20-11-21(2)13-23(12-20)33-28(16-30-27-17-32(41-4)31(40-3)15-22(27)9-10-37(30)33)34(39)36-25(19-38)14-24-18-35-29-8-6-5-7-26(24)29;1-14-8-15(2)10-17(9-14)23-19(24(26)29-5)12-20-18-13-22(28-4)21(27-3)11-16(18)6-7-25(20)23;1-13-7-14(2)9-16(8-13)22-18(23(25)26)11-19-17-12-21(28-4)20(27-3)10-15(17)5-6-24(19)22;1-16-9-5-7-3-4-13-11(12(14)15)8(7)6-10(9)17-2/h5-8,11-13,15-18,25,35,38H,9-10,14,19H2,1-4H3,(H,36,39);8-13H,6-7H2,1-5H3;7-12H,5-6H2,1-4H3,(H,25,26);5-6,11,13H,3-4H2,1-2H3,(H,14,15)/t25-;;;/m1.../s1. The number of carboxylic acids is 2. The van der Waals surface area contributed by atoms with Gasteiger partial charge >= 0.3 is 17.9 Å². The van der Waals surface area contributed by atoms with Crippen LogP contribution in [0.25, 0.3) is 78.4 Å². The summed E-state index contributed by atoms with van der Waals surface area (Å²) in [7, 11) is 14.3. The summed E-state index contributed by atoms with van der Waals surface area (Å²) in [4.78, 5) is 53.2. The zero-order valence-corrected chi connectivity index (χ0v) is 67.7. The van der Waals surface area contributed by atoms with E-state index in [1.54, 1.807) is 61.9 Å². The van der Waals surface area contributed by atoms with Gasteiger partial charge in [0.25, 0.3) is 5.91 Å². The number of aromatic nitrogens is 4. The van der Waals surface area contributed by atoms with Crippen LogP contribution < -0.4 is 48.5 Å². The summed E-state index contributed by atoms with van der Waals surface area (Å²) in [5.74, 6) is 2.93. The number of hydrogen-bond donors (Lipinski definition) is 6.